The summed E-state index contributed by atoms with van der Waals surface area (Å²) in [5.41, 5.74) is 13.1. The van der Waals surface area contributed by atoms with E-state index in [9.17, 15) is 9.18 Å². The van der Waals surface area contributed by atoms with Crippen molar-refractivity contribution < 1.29 is 9.18 Å². The van der Waals surface area contributed by atoms with E-state index in [1.807, 2.05) is 23.6 Å². The second kappa shape index (κ2) is 8.76. The van der Waals surface area contributed by atoms with E-state index in [2.05, 4.69) is 20.6 Å². The van der Waals surface area contributed by atoms with Gasteiger partial charge in [-0.2, -0.15) is 0 Å². The van der Waals surface area contributed by atoms with Gasteiger partial charge < -0.3 is 22.1 Å². The molecular formula is C21H23FN6OS. The average molecular weight is 427 g/mol. The minimum absolute atomic E-state index is 0.0347. The normalized spacial score (nSPS) is 18.7. The quantitative estimate of drug-likeness (QED) is 0.475. The molecule has 3 aromatic heterocycles. The Bertz CT molecular complexity index is 1040. The van der Waals surface area contributed by atoms with E-state index in [4.69, 9.17) is 11.5 Å². The topological polar surface area (TPSA) is 119 Å². The van der Waals surface area contributed by atoms with E-state index in [1.54, 1.807) is 23.7 Å². The molecule has 3 heterocycles. The van der Waals surface area contributed by atoms with Crippen LogP contribution in [0, 0.1) is 5.82 Å². The van der Waals surface area contributed by atoms with Crippen molar-refractivity contribution in [2.75, 3.05) is 10.6 Å². The smallest absolute Gasteiger partial charge is 0.252 e. The molecule has 6 N–H and O–H groups in total. The van der Waals surface area contributed by atoms with Crippen LogP contribution in [0.3, 0.4) is 0 Å². The Balaban J connectivity index is 1.64. The Labute approximate surface area is 177 Å². The third-order valence-electron chi connectivity index (χ3n) is 5.19. The van der Waals surface area contributed by atoms with Crippen molar-refractivity contribution in [1.29, 1.82) is 0 Å². The standard InChI is InChI=1S/C21H23FN6OS/c22-15-9-14(19(24)29)20(28-21(15)27-17-5-2-1-4-16(17)23)26-13-8-12(10-25-11-13)18-6-3-7-30-18/h3,6-11,16-17H,1-2,4-5,23H2,(H2,24,29)(H2,26,27,28)/t16-,17+/m0/s1. The summed E-state index contributed by atoms with van der Waals surface area (Å²) >= 11 is 1.59. The summed E-state index contributed by atoms with van der Waals surface area (Å²) in [6.07, 6.45) is 7.17. The summed E-state index contributed by atoms with van der Waals surface area (Å²) in [7, 11) is 0. The summed E-state index contributed by atoms with van der Waals surface area (Å²) in [6.45, 7) is 0. The maximum Gasteiger partial charge on any atom is 0.252 e. The first-order valence-electron chi connectivity index (χ1n) is 9.79. The van der Waals surface area contributed by atoms with E-state index in [0.29, 0.717) is 5.69 Å². The molecule has 0 unspecified atom stereocenters. The minimum Gasteiger partial charge on any atom is -0.365 e. The number of aromatic nitrogens is 2. The number of hydrogen-bond donors (Lipinski definition) is 4. The van der Waals surface area contributed by atoms with Crippen molar-refractivity contribution in [2.24, 2.45) is 11.5 Å². The number of primary amides is 1. The third kappa shape index (κ3) is 4.42. The number of carbonyl (C=O) groups excluding carboxylic acids is 1. The molecule has 0 spiro atoms. The zero-order chi connectivity index (χ0) is 21.1. The van der Waals surface area contributed by atoms with Gasteiger partial charge in [0.05, 0.1) is 17.4 Å². The highest BCUT2D eigenvalue weighted by Gasteiger charge is 2.24. The molecule has 30 heavy (non-hydrogen) atoms. The van der Waals surface area contributed by atoms with Crippen molar-refractivity contribution in [3.8, 4) is 10.4 Å². The summed E-state index contributed by atoms with van der Waals surface area (Å²) in [5, 5.41) is 8.15. The number of halogens is 1. The molecule has 1 amide bonds. The first-order chi connectivity index (χ1) is 14.5. The van der Waals surface area contributed by atoms with Gasteiger partial charge in [0.2, 0.25) is 0 Å². The van der Waals surface area contributed by atoms with Crippen LogP contribution in [0.1, 0.15) is 36.0 Å². The number of amides is 1. The fraction of sp³-hybridized carbons (Fsp3) is 0.286. The lowest BCUT2D eigenvalue weighted by atomic mass is 9.91. The maximum atomic E-state index is 14.6. The lowest BCUT2D eigenvalue weighted by Gasteiger charge is -2.30. The van der Waals surface area contributed by atoms with Crippen LogP contribution in [0.15, 0.2) is 42.0 Å². The van der Waals surface area contributed by atoms with Crippen LogP contribution in [-0.4, -0.2) is 28.0 Å². The fourth-order valence-corrected chi connectivity index (χ4v) is 4.32. The molecule has 0 aromatic carbocycles. The zero-order valence-electron chi connectivity index (χ0n) is 16.3. The molecule has 9 heteroatoms. The summed E-state index contributed by atoms with van der Waals surface area (Å²) in [6, 6.07) is 6.80. The number of pyridine rings is 2. The van der Waals surface area contributed by atoms with Crippen LogP contribution in [-0.2, 0) is 0 Å². The monoisotopic (exact) mass is 426 g/mol. The van der Waals surface area contributed by atoms with Crippen LogP contribution in [0.25, 0.3) is 10.4 Å². The van der Waals surface area contributed by atoms with Crippen LogP contribution >= 0.6 is 11.3 Å². The second-order valence-electron chi connectivity index (χ2n) is 7.34. The molecule has 1 aliphatic rings. The fourth-order valence-electron chi connectivity index (χ4n) is 3.61. The lowest BCUT2D eigenvalue weighted by molar-refractivity contribution is 0.100. The van der Waals surface area contributed by atoms with Crippen molar-refractivity contribution in [3.63, 3.8) is 0 Å². The first-order valence-corrected chi connectivity index (χ1v) is 10.7. The molecule has 0 radical (unpaired) electrons. The molecule has 3 aromatic rings. The molecule has 156 valence electrons. The van der Waals surface area contributed by atoms with Gasteiger partial charge in [-0.05, 0) is 36.4 Å². The van der Waals surface area contributed by atoms with E-state index in [-0.39, 0.29) is 29.3 Å². The van der Waals surface area contributed by atoms with Gasteiger partial charge >= 0.3 is 0 Å². The highest BCUT2D eigenvalue weighted by molar-refractivity contribution is 7.13. The van der Waals surface area contributed by atoms with Gasteiger partial charge in [0.25, 0.3) is 5.91 Å². The van der Waals surface area contributed by atoms with Crippen LogP contribution in [0.2, 0.25) is 0 Å². The molecule has 0 aliphatic heterocycles. The third-order valence-corrected chi connectivity index (χ3v) is 6.11. The van der Waals surface area contributed by atoms with Crippen molar-refractivity contribution in [3.05, 3.63) is 53.4 Å². The number of carbonyl (C=O) groups is 1. The van der Waals surface area contributed by atoms with Crippen LogP contribution < -0.4 is 22.1 Å². The average Bonchev–Trinajstić information content (AvgIpc) is 3.27. The van der Waals surface area contributed by atoms with E-state index in [0.717, 1.165) is 42.2 Å². The molecular weight excluding hydrogens is 403 g/mol. The minimum atomic E-state index is -0.771. The number of anilines is 3. The zero-order valence-corrected chi connectivity index (χ0v) is 17.1. The van der Waals surface area contributed by atoms with Crippen molar-refractivity contribution >= 4 is 34.6 Å². The number of nitrogens with two attached hydrogens (primary N) is 2. The van der Waals surface area contributed by atoms with E-state index < -0.39 is 11.7 Å². The molecule has 7 nitrogen and oxygen atoms in total. The van der Waals surface area contributed by atoms with Crippen LogP contribution in [0.5, 0.6) is 0 Å². The Morgan fingerprint density at radius 1 is 1.20 bits per heavy atom. The predicted molar refractivity (Wildman–Crippen MR) is 117 cm³/mol. The van der Waals surface area contributed by atoms with E-state index >= 15 is 0 Å². The molecule has 4 rings (SSSR count). The number of rotatable bonds is 6. The maximum absolute atomic E-state index is 14.6. The first kappa shape index (κ1) is 20.2. The number of hydrogen-bond acceptors (Lipinski definition) is 7. The molecule has 2 atom stereocenters. The van der Waals surface area contributed by atoms with Gasteiger partial charge in [-0.3, -0.25) is 9.78 Å². The summed E-state index contributed by atoms with van der Waals surface area (Å²) in [5.74, 6) is -1.20. The van der Waals surface area contributed by atoms with Crippen molar-refractivity contribution in [1.82, 2.24) is 9.97 Å². The molecule has 1 saturated carbocycles. The van der Waals surface area contributed by atoms with Gasteiger partial charge in [-0.25, -0.2) is 9.37 Å². The SMILES string of the molecule is NC(=O)c1cc(F)c(N[C@@H]2CCCC[C@@H]2N)nc1Nc1cncc(-c2cccs2)c1. The predicted octanol–water partition coefficient (Wildman–Crippen LogP) is 3.87. The van der Waals surface area contributed by atoms with Crippen LogP contribution in [0.4, 0.5) is 21.7 Å². The number of nitrogens with one attached hydrogen (secondary N) is 2. The summed E-state index contributed by atoms with van der Waals surface area (Å²) in [4.78, 5) is 21.5. The Morgan fingerprint density at radius 3 is 2.77 bits per heavy atom. The summed E-state index contributed by atoms with van der Waals surface area (Å²) < 4.78 is 14.6. The number of nitrogens with zero attached hydrogens (tertiary/aromatic N) is 2. The second-order valence-corrected chi connectivity index (χ2v) is 8.29. The van der Waals surface area contributed by atoms with Gasteiger partial charge in [-0.15, -0.1) is 11.3 Å². The molecule has 0 saturated heterocycles. The molecule has 1 fully saturated rings. The Kier molecular flexibility index (Phi) is 5.91. The highest BCUT2D eigenvalue weighted by atomic mass is 32.1. The molecule has 1 aliphatic carbocycles. The number of thiophene rings is 1. The van der Waals surface area contributed by atoms with Crippen molar-refractivity contribution in [2.45, 2.75) is 37.8 Å². The molecule has 0 bridgehead atoms. The Hall–Kier alpha value is -3.04. The Morgan fingerprint density at radius 2 is 2.03 bits per heavy atom. The highest BCUT2D eigenvalue weighted by Crippen LogP contribution is 2.29. The van der Waals surface area contributed by atoms with Gasteiger partial charge in [0.15, 0.2) is 11.6 Å². The van der Waals surface area contributed by atoms with E-state index in [1.165, 1.54) is 0 Å². The van der Waals surface area contributed by atoms with Gasteiger partial charge in [0, 0.05) is 28.7 Å². The van der Waals surface area contributed by atoms with Gasteiger partial charge in [0.1, 0.15) is 5.82 Å². The van der Waals surface area contributed by atoms with Gasteiger partial charge in [-0.1, -0.05) is 18.9 Å². The largest absolute Gasteiger partial charge is 0.365 e. The lowest BCUT2D eigenvalue weighted by Crippen LogP contribution is -2.43.